The van der Waals surface area contributed by atoms with E-state index in [2.05, 4.69) is 19.2 Å². The fourth-order valence-corrected chi connectivity index (χ4v) is 3.68. The molecule has 0 aromatic heterocycles. The summed E-state index contributed by atoms with van der Waals surface area (Å²) < 4.78 is 0. The number of hydrogen-bond acceptors (Lipinski definition) is 2. The second-order valence-corrected chi connectivity index (χ2v) is 7.06. The van der Waals surface area contributed by atoms with Crippen molar-refractivity contribution in [1.82, 2.24) is 5.32 Å². The van der Waals surface area contributed by atoms with Gasteiger partial charge in [-0.25, -0.2) is 0 Å². The Balaban J connectivity index is 2.09. The molecule has 2 rings (SSSR count). The van der Waals surface area contributed by atoms with Gasteiger partial charge in [-0.3, -0.25) is 4.79 Å². The fourth-order valence-electron chi connectivity index (χ4n) is 3.38. The predicted molar refractivity (Wildman–Crippen MR) is 86.4 cm³/mol. The lowest BCUT2D eigenvalue weighted by Crippen LogP contribution is -2.52. The van der Waals surface area contributed by atoms with Gasteiger partial charge in [0, 0.05) is 6.04 Å². The molecule has 0 saturated heterocycles. The first kappa shape index (κ1) is 15.7. The molecule has 0 aromatic carbocycles. The summed E-state index contributed by atoms with van der Waals surface area (Å²) in [7, 11) is 0. The monoisotopic (exact) mass is 296 g/mol. The van der Waals surface area contributed by atoms with Gasteiger partial charge in [0.05, 0.1) is 10.4 Å². The van der Waals surface area contributed by atoms with Gasteiger partial charge in [-0.2, -0.15) is 0 Å². The van der Waals surface area contributed by atoms with Crippen LogP contribution in [0.5, 0.6) is 0 Å². The van der Waals surface area contributed by atoms with Gasteiger partial charge < -0.3 is 11.1 Å². The van der Waals surface area contributed by atoms with Crippen LogP contribution in [0, 0.1) is 17.3 Å². The van der Waals surface area contributed by atoms with E-state index in [1.165, 1.54) is 25.7 Å². The summed E-state index contributed by atoms with van der Waals surface area (Å²) >= 11 is 5.27. The van der Waals surface area contributed by atoms with Gasteiger partial charge in [0.1, 0.15) is 0 Å². The highest BCUT2D eigenvalue weighted by atomic mass is 32.1. The molecule has 20 heavy (non-hydrogen) atoms. The molecule has 3 nitrogen and oxygen atoms in total. The number of hydrogen-bond donors (Lipinski definition) is 2. The van der Waals surface area contributed by atoms with E-state index in [-0.39, 0.29) is 5.91 Å². The van der Waals surface area contributed by atoms with Crippen LogP contribution in [0.2, 0.25) is 0 Å². The first-order valence-electron chi connectivity index (χ1n) is 8.16. The zero-order chi connectivity index (χ0) is 14.8. The molecule has 0 unspecified atom stereocenters. The van der Waals surface area contributed by atoms with E-state index in [1.54, 1.807) is 0 Å². The average Bonchev–Trinajstić information content (AvgIpc) is 3.28. The van der Waals surface area contributed by atoms with Crippen LogP contribution in [-0.2, 0) is 4.79 Å². The number of nitrogens with one attached hydrogen (secondary N) is 1. The van der Waals surface area contributed by atoms with Gasteiger partial charge in [0.15, 0.2) is 0 Å². The van der Waals surface area contributed by atoms with Crippen LogP contribution in [0.4, 0.5) is 0 Å². The van der Waals surface area contributed by atoms with Crippen molar-refractivity contribution >= 4 is 23.1 Å². The zero-order valence-electron chi connectivity index (χ0n) is 12.8. The molecule has 2 aliphatic rings. The number of nitrogens with two attached hydrogens (primary N) is 1. The van der Waals surface area contributed by atoms with Gasteiger partial charge >= 0.3 is 0 Å². The third kappa shape index (κ3) is 3.33. The van der Waals surface area contributed by atoms with Crippen LogP contribution in [0.25, 0.3) is 0 Å². The minimum absolute atomic E-state index is 0.0949. The lowest BCUT2D eigenvalue weighted by atomic mass is 9.77. The van der Waals surface area contributed by atoms with E-state index in [1.807, 2.05) is 0 Å². The van der Waals surface area contributed by atoms with E-state index in [0.717, 1.165) is 25.7 Å². The maximum absolute atomic E-state index is 12.9. The molecule has 2 fully saturated rings. The number of rotatable bonds is 9. The number of amides is 1. The maximum Gasteiger partial charge on any atom is 0.233 e. The molecule has 4 heteroatoms. The average molecular weight is 296 g/mol. The topological polar surface area (TPSA) is 55.1 Å². The maximum atomic E-state index is 12.9. The van der Waals surface area contributed by atoms with Gasteiger partial charge in [-0.05, 0) is 50.4 Å². The molecule has 0 radical (unpaired) electrons. The van der Waals surface area contributed by atoms with Gasteiger partial charge in [-0.1, -0.05) is 38.9 Å². The van der Waals surface area contributed by atoms with E-state index < -0.39 is 5.41 Å². The third-order valence-corrected chi connectivity index (χ3v) is 5.21. The summed E-state index contributed by atoms with van der Waals surface area (Å²) in [6, 6.07) is 0.380. The second kappa shape index (κ2) is 6.42. The molecule has 114 valence electrons. The number of carbonyl (C=O) groups excluding carboxylic acids is 1. The highest BCUT2D eigenvalue weighted by Gasteiger charge is 2.46. The Morgan fingerprint density at radius 2 is 1.65 bits per heavy atom. The molecule has 0 aromatic rings. The summed E-state index contributed by atoms with van der Waals surface area (Å²) in [5, 5.41) is 3.33. The summed E-state index contributed by atoms with van der Waals surface area (Å²) in [6.45, 7) is 4.18. The van der Waals surface area contributed by atoms with Crippen LogP contribution in [0.3, 0.4) is 0 Å². The van der Waals surface area contributed by atoms with Gasteiger partial charge in [0.2, 0.25) is 5.91 Å². The minimum Gasteiger partial charge on any atom is -0.392 e. The van der Waals surface area contributed by atoms with Gasteiger partial charge in [0.25, 0.3) is 0 Å². The van der Waals surface area contributed by atoms with Crippen LogP contribution in [0.1, 0.15) is 65.2 Å². The van der Waals surface area contributed by atoms with Crippen LogP contribution in [0.15, 0.2) is 0 Å². The van der Waals surface area contributed by atoms with Crippen LogP contribution >= 0.6 is 12.2 Å². The largest absolute Gasteiger partial charge is 0.392 e. The van der Waals surface area contributed by atoms with Crippen molar-refractivity contribution in [2.24, 2.45) is 23.0 Å². The minimum atomic E-state index is -0.624. The molecule has 2 saturated carbocycles. The molecule has 0 spiro atoms. The summed E-state index contributed by atoms with van der Waals surface area (Å²) in [4.78, 5) is 13.3. The quantitative estimate of drug-likeness (QED) is 0.643. The SMILES string of the molecule is CCCC(CCC)(C(=O)NC(C1CC1)C1CC1)C(N)=S. The molecule has 0 aliphatic heterocycles. The Labute approximate surface area is 128 Å². The highest BCUT2D eigenvalue weighted by molar-refractivity contribution is 7.80. The van der Waals surface area contributed by atoms with Gasteiger partial charge in [-0.15, -0.1) is 0 Å². The Kier molecular flexibility index (Phi) is 5.05. The predicted octanol–water partition coefficient (Wildman–Crippen LogP) is 3.16. The summed E-state index contributed by atoms with van der Waals surface area (Å²) in [5.41, 5.74) is 5.35. The molecule has 0 heterocycles. The molecule has 0 atom stereocenters. The van der Waals surface area contributed by atoms with Crippen molar-refractivity contribution in [2.45, 2.75) is 71.3 Å². The van der Waals surface area contributed by atoms with Crippen molar-refractivity contribution in [3.63, 3.8) is 0 Å². The molecular formula is C16H28N2OS. The Bertz CT molecular complexity index is 357. The third-order valence-electron chi connectivity index (χ3n) is 4.82. The molecular weight excluding hydrogens is 268 g/mol. The summed E-state index contributed by atoms with van der Waals surface area (Å²) in [6.07, 6.45) is 8.47. The van der Waals surface area contributed by atoms with E-state index in [0.29, 0.717) is 22.9 Å². The molecule has 0 bridgehead atoms. The highest BCUT2D eigenvalue weighted by Crippen LogP contribution is 2.45. The summed E-state index contributed by atoms with van der Waals surface area (Å²) in [5.74, 6) is 1.51. The van der Waals surface area contributed by atoms with Crippen LogP contribution < -0.4 is 11.1 Å². The molecule has 1 amide bonds. The van der Waals surface area contributed by atoms with Crippen molar-refractivity contribution in [3.05, 3.63) is 0 Å². The van der Waals surface area contributed by atoms with E-state index in [9.17, 15) is 4.79 Å². The van der Waals surface area contributed by atoms with Crippen molar-refractivity contribution in [3.8, 4) is 0 Å². The Morgan fingerprint density at radius 3 is 1.95 bits per heavy atom. The smallest absolute Gasteiger partial charge is 0.233 e. The Hall–Kier alpha value is -0.640. The number of carbonyl (C=O) groups is 1. The van der Waals surface area contributed by atoms with Crippen LogP contribution in [-0.4, -0.2) is 16.9 Å². The lowest BCUT2D eigenvalue weighted by molar-refractivity contribution is -0.129. The first-order chi connectivity index (χ1) is 9.55. The standard InChI is InChI=1S/C16H28N2OS/c1-3-9-16(10-4-2,14(17)20)15(19)18-13(11-5-6-11)12-7-8-12/h11-13H,3-10H2,1-2H3,(H2,17,20)(H,18,19). The van der Waals surface area contributed by atoms with Crippen molar-refractivity contribution < 1.29 is 4.79 Å². The molecule has 3 N–H and O–H groups in total. The van der Waals surface area contributed by atoms with Crippen molar-refractivity contribution in [2.75, 3.05) is 0 Å². The zero-order valence-corrected chi connectivity index (χ0v) is 13.6. The Morgan fingerprint density at radius 1 is 1.20 bits per heavy atom. The normalized spacial score (nSPS) is 19.1. The van der Waals surface area contributed by atoms with E-state index >= 15 is 0 Å². The molecule has 2 aliphatic carbocycles. The second-order valence-electron chi connectivity index (χ2n) is 6.62. The van der Waals surface area contributed by atoms with Crippen molar-refractivity contribution in [1.29, 1.82) is 0 Å². The number of thiocarbonyl (C=S) groups is 1. The first-order valence-corrected chi connectivity index (χ1v) is 8.56. The van der Waals surface area contributed by atoms with E-state index in [4.69, 9.17) is 18.0 Å². The lowest BCUT2D eigenvalue weighted by Gasteiger charge is -2.33. The fraction of sp³-hybridized carbons (Fsp3) is 0.875.